The molecule has 12 heavy (non-hydrogen) atoms. The highest BCUT2D eigenvalue weighted by molar-refractivity contribution is 5.81. The highest BCUT2D eigenvalue weighted by Crippen LogP contribution is 2.19. The summed E-state index contributed by atoms with van der Waals surface area (Å²) in [6, 6.07) is 2.05. The number of aryl methyl sites for hydroxylation is 1. The highest BCUT2D eigenvalue weighted by Gasteiger charge is 2.08. The first-order valence-electron chi connectivity index (χ1n) is 3.48. The Kier molecular flexibility index (Phi) is 1.36. The summed E-state index contributed by atoms with van der Waals surface area (Å²) < 4.78 is 25.7. The maximum absolute atomic E-state index is 13.0. The van der Waals surface area contributed by atoms with Crippen LogP contribution in [0.5, 0.6) is 0 Å². The van der Waals surface area contributed by atoms with Crippen molar-refractivity contribution in [2.45, 2.75) is 6.92 Å². The quantitative estimate of drug-likeness (QED) is 0.641. The number of hydrogen-bond donors (Lipinski definition) is 1. The van der Waals surface area contributed by atoms with Crippen molar-refractivity contribution in [3.8, 4) is 0 Å². The fourth-order valence-corrected chi connectivity index (χ4v) is 1.22. The minimum absolute atomic E-state index is 0.324. The number of nitrogens with zero attached hydrogens (tertiary/aromatic N) is 1. The average Bonchev–Trinajstić information content (AvgIpc) is 2.31. The summed E-state index contributed by atoms with van der Waals surface area (Å²) in [5, 5.41) is 6.68. The van der Waals surface area contributed by atoms with Gasteiger partial charge in [0.05, 0.1) is 10.9 Å². The molecule has 0 saturated carbocycles. The average molecular weight is 168 g/mol. The number of halogens is 2. The summed E-state index contributed by atoms with van der Waals surface area (Å²) in [7, 11) is 0. The van der Waals surface area contributed by atoms with Crippen LogP contribution in [0.15, 0.2) is 12.1 Å². The van der Waals surface area contributed by atoms with E-state index in [1.54, 1.807) is 6.92 Å². The molecule has 1 N–H and O–H groups in total. The normalized spacial score (nSPS) is 10.9. The molecular formula is C8H6F2N2. The SMILES string of the molecule is Cc1[nH]nc2cc(F)cc(F)c12. The molecule has 0 amide bonds. The van der Waals surface area contributed by atoms with Crippen LogP contribution in [0.4, 0.5) is 8.78 Å². The first-order chi connectivity index (χ1) is 5.68. The van der Waals surface area contributed by atoms with Gasteiger partial charge >= 0.3 is 0 Å². The lowest BCUT2D eigenvalue weighted by Crippen LogP contribution is -1.81. The summed E-state index contributed by atoms with van der Waals surface area (Å²) >= 11 is 0. The Hall–Kier alpha value is -1.45. The Morgan fingerprint density at radius 2 is 2.08 bits per heavy atom. The monoisotopic (exact) mass is 168 g/mol. The maximum atomic E-state index is 13.0. The largest absolute Gasteiger partial charge is 0.282 e. The molecule has 0 bridgehead atoms. The molecule has 0 spiro atoms. The Morgan fingerprint density at radius 3 is 2.83 bits per heavy atom. The van der Waals surface area contributed by atoms with E-state index in [0.717, 1.165) is 6.07 Å². The maximum Gasteiger partial charge on any atom is 0.137 e. The van der Waals surface area contributed by atoms with E-state index in [2.05, 4.69) is 10.2 Å². The predicted octanol–water partition coefficient (Wildman–Crippen LogP) is 2.15. The van der Waals surface area contributed by atoms with Crippen molar-refractivity contribution in [3.63, 3.8) is 0 Å². The number of aromatic amines is 1. The van der Waals surface area contributed by atoms with E-state index in [0.29, 0.717) is 16.6 Å². The van der Waals surface area contributed by atoms with Crippen LogP contribution < -0.4 is 0 Å². The van der Waals surface area contributed by atoms with Gasteiger partial charge in [-0.2, -0.15) is 5.10 Å². The van der Waals surface area contributed by atoms with Crippen molar-refractivity contribution >= 4 is 10.9 Å². The van der Waals surface area contributed by atoms with Crippen LogP contribution in [0.3, 0.4) is 0 Å². The predicted molar refractivity (Wildman–Crippen MR) is 40.7 cm³/mol. The lowest BCUT2D eigenvalue weighted by Gasteiger charge is -1.92. The van der Waals surface area contributed by atoms with Crippen molar-refractivity contribution < 1.29 is 8.78 Å². The standard InChI is InChI=1S/C8H6F2N2/c1-4-8-6(10)2-5(9)3-7(8)12-11-4/h2-3H,1H3,(H,11,12). The third kappa shape index (κ3) is 0.879. The Bertz CT molecular complexity index is 434. The second-order valence-corrected chi connectivity index (χ2v) is 2.63. The number of nitrogens with one attached hydrogen (secondary N) is 1. The van der Waals surface area contributed by atoms with Crippen LogP contribution in [0, 0.1) is 18.6 Å². The molecule has 0 radical (unpaired) electrons. The van der Waals surface area contributed by atoms with Crippen LogP contribution in [-0.4, -0.2) is 10.2 Å². The van der Waals surface area contributed by atoms with Gasteiger partial charge in [0, 0.05) is 17.8 Å². The van der Waals surface area contributed by atoms with E-state index in [1.165, 1.54) is 6.07 Å². The number of aromatic nitrogens is 2. The molecule has 0 atom stereocenters. The topological polar surface area (TPSA) is 28.7 Å². The van der Waals surface area contributed by atoms with Gasteiger partial charge in [-0.1, -0.05) is 0 Å². The zero-order valence-electron chi connectivity index (χ0n) is 6.36. The third-order valence-electron chi connectivity index (χ3n) is 1.75. The van der Waals surface area contributed by atoms with Crippen molar-refractivity contribution in [3.05, 3.63) is 29.5 Å². The van der Waals surface area contributed by atoms with Crippen LogP contribution in [-0.2, 0) is 0 Å². The molecule has 2 rings (SSSR count). The van der Waals surface area contributed by atoms with Gasteiger partial charge in [-0.3, -0.25) is 5.10 Å². The molecule has 2 nitrogen and oxygen atoms in total. The number of hydrogen-bond acceptors (Lipinski definition) is 1. The number of H-pyrrole nitrogens is 1. The van der Waals surface area contributed by atoms with E-state index in [-0.39, 0.29) is 0 Å². The van der Waals surface area contributed by atoms with E-state index in [4.69, 9.17) is 0 Å². The van der Waals surface area contributed by atoms with Crippen molar-refractivity contribution in [2.24, 2.45) is 0 Å². The van der Waals surface area contributed by atoms with Crippen molar-refractivity contribution in [2.75, 3.05) is 0 Å². The number of benzene rings is 1. The van der Waals surface area contributed by atoms with E-state index in [9.17, 15) is 8.78 Å². The molecule has 1 aromatic heterocycles. The van der Waals surface area contributed by atoms with Crippen molar-refractivity contribution in [1.82, 2.24) is 10.2 Å². The lowest BCUT2D eigenvalue weighted by molar-refractivity contribution is 0.592. The van der Waals surface area contributed by atoms with Gasteiger partial charge in [0.1, 0.15) is 11.6 Å². The molecule has 0 aliphatic rings. The fourth-order valence-electron chi connectivity index (χ4n) is 1.22. The number of rotatable bonds is 0. The Morgan fingerprint density at radius 1 is 1.33 bits per heavy atom. The summed E-state index contributed by atoms with van der Waals surface area (Å²) in [6.45, 7) is 1.69. The molecule has 0 unspecified atom stereocenters. The van der Waals surface area contributed by atoms with E-state index >= 15 is 0 Å². The summed E-state index contributed by atoms with van der Waals surface area (Å²) in [5.41, 5.74) is 0.938. The lowest BCUT2D eigenvalue weighted by atomic mass is 10.2. The van der Waals surface area contributed by atoms with Gasteiger partial charge in [0.25, 0.3) is 0 Å². The first-order valence-corrected chi connectivity index (χ1v) is 3.48. The molecule has 62 valence electrons. The third-order valence-corrected chi connectivity index (χ3v) is 1.75. The van der Waals surface area contributed by atoms with Gasteiger partial charge in [0.2, 0.25) is 0 Å². The van der Waals surface area contributed by atoms with Gasteiger partial charge in [-0.15, -0.1) is 0 Å². The van der Waals surface area contributed by atoms with Crippen LogP contribution in [0.1, 0.15) is 5.69 Å². The molecule has 4 heteroatoms. The molecule has 0 aliphatic carbocycles. The number of fused-ring (bicyclic) bond motifs is 1. The van der Waals surface area contributed by atoms with Crippen LogP contribution in [0.2, 0.25) is 0 Å². The summed E-state index contributed by atoms with van der Waals surface area (Å²) in [5.74, 6) is -1.18. The van der Waals surface area contributed by atoms with Crippen LogP contribution in [0.25, 0.3) is 10.9 Å². The van der Waals surface area contributed by atoms with Crippen molar-refractivity contribution in [1.29, 1.82) is 0 Å². The molecule has 0 aliphatic heterocycles. The molecule has 1 aromatic carbocycles. The smallest absolute Gasteiger partial charge is 0.137 e. The molecule has 1 heterocycles. The second kappa shape index (κ2) is 2.27. The molecule has 0 saturated heterocycles. The zero-order chi connectivity index (χ0) is 8.72. The first kappa shape index (κ1) is 7.21. The zero-order valence-corrected chi connectivity index (χ0v) is 6.36. The Labute approximate surface area is 67.2 Å². The summed E-state index contributed by atoms with van der Waals surface area (Å²) in [6.07, 6.45) is 0. The molecular weight excluding hydrogens is 162 g/mol. The van der Waals surface area contributed by atoms with Gasteiger partial charge in [-0.05, 0) is 6.92 Å². The van der Waals surface area contributed by atoms with Gasteiger partial charge in [0.15, 0.2) is 0 Å². The minimum Gasteiger partial charge on any atom is -0.282 e. The van der Waals surface area contributed by atoms with Crippen LogP contribution >= 0.6 is 0 Å². The summed E-state index contributed by atoms with van der Waals surface area (Å²) in [4.78, 5) is 0. The van der Waals surface area contributed by atoms with E-state index < -0.39 is 11.6 Å². The Balaban J connectivity index is 2.93. The van der Waals surface area contributed by atoms with E-state index in [1.807, 2.05) is 0 Å². The van der Waals surface area contributed by atoms with Gasteiger partial charge < -0.3 is 0 Å². The second-order valence-electron chi connectivity index (χ2n) is 2.63. The minimum atomic E-state index is -0.605. The highest BCUT2D eigenvalue weighted by atomic mass is 19.1. The fraction of sp³-hybridized carbons (Fsp3) is 0.125. The molecule has 0 fully saturated rings. The molecule has 2 aromatic rings. The van der Waals surface area contributed by atoms with Gasteiger partial charge in [-0.25, -0.2) is 8.78 Å².